The van der Waals surface area contributed by atoms with Crippen molar-refractivity contribution in [3.05, 3.63) is 36.2 Å². The van der Waals surface area contributed by atoms with Crippen LogP contribution in [0.2, 0.25) is 0 Å². The van der Waals surface area contributed by atoms with Crippen LogP contribution in [0.4, 0.5) is 5.69 Å². The van der Waals surface area contributed by atoms with E-state index < -0.39 is 16.8 Å². The number of aromatic nitrogens is 2. The second-order valence-corrected chi connectivity index (χ2v) is 12.5. The number of unbranched alkanes of at least 4 members (excludes halogenated alkanes) is 2. The summed E-state index contributed by atoms with van der Waals surface area (Å²) in [5, 5.41) is 24.5. The second kappa shape index (κ2) is 14.1. The van der Waals surface area contributed by atoms with E-state index in [4.69, 9.17) is 9.52 Å². The minimum atomic E-state index is -3.57. The van der Waals surface area contributed by atoms with E-state index in [0.29, 0.717) is 38.1 Å². The Morgan fingerprint density at radius 3 is 2.56 bits per heavy atom. The Balaban J connectivity index is 1.64. The molecule has 0 atom stereocenters. The lowest BCUT2D eigenvalue weighted by molar-refractivity contribution is -0.777. The van der Waals surface area contributed by atoms with Crippen molar-refractivity contribution in [2.75, 3.05) is 29.5 Å². The average molecular weight is 612 g/mol. The summed E-state index contributed by atoms with van der Waals surface area (Å²) in [7, 11) is -1.56. The maximum absolute atomic E-state index is 10.8. The molecule has 12 nitrogen and oxygen atoms in total. The number of rotatable bonds is 17. The SMILES string of the molecule is Cc1oc2cc3c(cc2[n+]1CCCCCC(=O)O)c1cc(N(CCCSOO[O-])CCCS(O)(O)O)ccc1n3C. The van der Waals surface area contributed by atoms with Gasteiger partial charge in [0.2, 0.25) is 5.58 Å². The molecule has 0 fully saturated rings. The van der Waals surface area contributed by atoms with Crippen molar-refractivity contribution in [1.29, 1.82) is 0 Å². The zero-order valence-corrected chi connectivity index (χ0v) is 24.8. The second-order valence-electron chi connectivity index (χ2n) is 10.1. The number of carboxylic acids is 1. The van der Waals surface area contributed by atoms with E-state index in [1.807, 2.05) is 20.0 Å². The van der Waals surface area contributed by atoms with Gasteiger partial charge < -0.3 is 37.9 Å². The number of hydrogen-bond donors (Lipinski definition) is 4. The van der Waals surface area contributed by atoms with Crippen LogP contribution in [-0.4, -0.2) is 53.9 Å². The van der Waals surface area contributed by atoms with Crippen LogP contribution in [0.15, 0.2) is 34.7 Å². The van der Waals surface area contributed by atoms with Crippen LogP contribution >= 0.6 is 22.9 Å². The van der Waals surface area contributed by atoms with Crippen LogP contribution in [0.3, 0.4) is 0 Å². The standard InChI is InChI=1S/C27H37N3O9S2/c1-19-30(13-5-3-4-8-27(31)32)25-17-22-21-16-20(9-10-23(21)28(2)24(22)18-26(25)37-19)29(11-6-14-40-39-38-33)12-7-15-41(34,35)36/h9-10,16-18H,3-8,11-15H2,1-2H3,(H4-,31,32,33,34,35,36). The Kier molecular flexibility index (Phi) is 10.8. The van der Waals surface area contributed by atoms with Gasteiger partial charge in [-0.05, 0) is 43.9 Å². The highest BCUT2D eigenvalue weighted by Crippen LogP contribution is 2.35. The summed E-state index contributed by atoms with van der Waals surface area (Å²) >= 11 is 0.922. The highest BCUT2D eigenvalue weighted by Gasteiger charge is 2.22. The van der Waals surface area contributed by atoms with E-state index in [-0.39, 0.29) is 12.2 Å². The smallest absolute Gasteiger partial charge is 0.344 e. The van der Waals surface area contributed by atoms with Gasteiger partial charge in [0, 0.05) is 90.6 Å². The number of carbonyl (C=O) groups is 1. The fourth-order valence-electron chi connectivity index (χ4n) is 5.27. The molecule has 0 unspecified atom stereocenters. The van der Waals surface area contributed by atoms with E-state index in [1.54, 1.807) is 0 Å². The summed E-state index contributed by atoms with van der Waals surface area (Å²) in [5.74, 6) is 0.433. The first-order valence-electron chi connectivity index (χ1n) is 13.5. The first-order valence-corrected chi connectivity index (χ1v) is 16.1. The van der Waals surface area contributed by atoms with E-state index in [9.17, 15) is 23.7 Å². The number of hydrogen-bond acceptors (Lipinski definition) is 10. The number of nitrogens with zero attached hydrogens (tertiary/aromatic N) is 3. The Morgan fingerprint density at radius 1 is 1.07 bits per heavy atom. The Morgan fingerprint density at radius 2 is 1.83 bits per heavy atom. The van der Waals surface area contributed by atoms with Gasteiger partial charge in [0.25, 0.3) is 5.52 Å². The third kappa shape index (κ3) is 8.05. The van der Waals surface area contributed by atoms with Gasteiger partial charge in [0.05, 0.1) is 23.3 Å². The molecule has 0 aliphatic heterocycles. The summed E-state index contributed by atoms with van der Waals surface area (Å²) in [5.41, 5.74) is 4.79. The first-order chi connectivity index (χ1) is 19.6. The normalized spacial score (nSPS) is 12.6. The number of carboxylic acid groups (broad SMARTS) is 1. The summed E-state index contributed by atoms with van der Waals surface area (Å²) < 4.78 is 43.0. The molecule has 0 saturated heterocycles. The summed E-state index contributed by atoms with van der Waals surface area (Å²) in [4.78, 5) is 12.9. The van der Waals surface area contributed by atoms with Crippen molar-refractivity contribution >= 4 is 67.5 Å². The molecule has 0 aliphatic carbocycles. The number of anilines is 1. The lowest BCUT2D eigenvalue weighted by Gasteiger charge is -2.27. The van der Waals surface area contributed by atoms with E-state index in [1.165, 1.54) is 0 Å². The highest BCUT2D eigenvalue weighted by atomic mass is 32.3. The van der Waals surface area contributed by atoms with Crippen molar-refractivity contribution < 1.29 is 47.2 Å². The zero-order valence-electron chi connectivity index (χ0n) is 23.2. The topological polar surface area (TPSA) is 165 Å². The van der Waals surface area contributed by atoms with Crippen molar-refractivity contribution in [3.8, 4) is 0 Å². The van der Waals surface area contributed by atoms with Gasteiger partial charge in [-0.15, -0.1) is 0 Å². The third-order valence-corrected chi connectivity index (χ3v) is 8.66. The quantitative estimate of drug-likeness (QED) is 0.0417. The summed E-state index contributed by atoms with van der Waals surface area (Å²) in [6.07, 6.45) is 3.55. The molecule has 41 heavy (non-hydrogen) atoms. The van der Waals surface area contributed by atoms with Gasteiger partial charge >= 0.3 is 11.9 Å². The van der Waals surface area contributed by atoms with Crippen LogP contribution in [0.5, 0.6) is 0 Å². The maximum Gasteiger partial charge on any atom is 0.344 e. The van der Waals surface area contributed by atoms with Gasteiger partial charge in [0.1, 0.15) is 0 Å². The molecule has 0 aliphatic rings. The average Bonchev–Trinajstić information content (AvgIpc) is 3.37. The van der Waals surface area contributed by atoms with Gasteiger partial charge in [-0.25, -0.2) is 0 Å². The van der Waals surface area contributed by atoms with Crippen molar-refractivity contribution in [1.82, 2.24) is 4.57 Å². The fraction of sp³-hybridized carbons (Fsp3) is 0.481. The fourth-order valence-corrected chi connectivity index (χ4v) is 6.14. The molecular formula is C27H37N3O9S2. The monoisotopic (exact) mass is 611 g/mol. The molecule has 14 heteroatoms. The number of benzene rings is 2. The molecule has 4 aromatic rings. The lowest BCUT2D eigenvalue weighted by atomic mass is 10.1. The number of aryl methyl sites for hydroxylation is 3. The molecule has 0 spiro atoms. The molecule has 0 saturated carbocycles. The van der Waals surface area contributed by atoms with Gasteiger partial charge in [-0.1, -0.05) is 0 Å². The number of fused-ring (bicyclic) bond motifs is 4. The molecule has 2 heterocycles. The molecule has 0 radical (unpaired) electrons. The van der Waals surface area contributed by atoms with Crippen molar-refractivity contribution in [2.24, 2.45) is 7.05 Å². The minimum absolute atomic E-state index is 0.115. The molecule has 0 bridgehead atoms. The molecule has 4 N–H and O–H groups in total. The van der Waals surface area contributed by atoms with E-state index in [2.05, 4.69) is 47.7 Å². The van der Waals surface area contributed by atoms with Crippen molar-refractivity contribution in [2.45, 2.75) is 52.0 Å². The largest absolute Gasteiger partial charge is 0.691 e. The molecule has 2 aromatic heterocycles. The van der Waals surface area contributed by atoms with Gasteiger partial charge in [-0.3, -0.25) is 9.83 Å². The summed E-state index contributed by atoms with van der Waals surface area (Å²) in [6.45, 7) is 3.77. The Bertz CT molecular complexity index is 1480. The van der Waals surface area contributed by atoms with Crippen LogP contribution in [0.1, 0.15) is 44.4 Å². The molecule has 226 valence electrons. The third-order valence-electron chi connectivity index (χ3n) is 7.21. The molecule has 4 rings (SSSR count). The zero-order chi connectivity index (χ0) is 29.6. The predicted octanol–water partition coefficient (Wildman–Crippen LogP) is 5.00. The lowest BCUT2D eigenvalue weighted by Crippen LogP contribution is -2.35. The molecule has 2 aromatic carbocycles. The van der Waals surface area contributed by atoms with Crippen LogP contribution in [-0.2, 0) is 27.8 Å². The van der Waals surface area contributed by atoms with Crippen molar-refractivity contribution in [3.63, 3.8) is 0 Å². The first kappa shape index (κ1) is 31.4. The van der Waals surface area contributed by atoms with Crippen LogP contribution in [0, 0.1) is 6.92 Å². The predicted molar refractivity (Wildman–Crippen MR) is 158 cm³/mol. The van der Waals surface area contributed by atoms with E-state index in [0.717, 1.165) is 75.9 Å². The molecule has 0 amide bonds. The highest BCUT2D eigenvalue weighted by molar-refractivity contribution is 8.19. The maximum atomic E-state index is 10.8. The number of aliphatic carboxylic acids is 1. The molecular weight excluding hydrogens is 574 g/mol. The van der Waals surface area contributed by atoms with Crippen LogP contribution in [0.25, 0.3) is 32.9 Å². The minimum Gasteiger partial charge on any atom is -0.691 e. The van der Waals surface area contributed by atoms with Gasteiger partial charge in [-0.2, -0.15) is 8.90 Å². The van der Waals surface area contributed by atoms with Crippen LogP contribution < -0.4 is 14.7 Å². The van der Waals surface area contributed by atoms with Gasteiger partial charge in [0.15, 0.2) is 6.54 Å². The van der Waals surface area contributed by atoms with E-state index >= 15 is 0 Å². The Hall–Kier alpha value is -2.56. The summed E-state index contributed by atoms with van der Waals surface area (Å²) in [6, 6.07) is 10.4. The Labute approximate surface area is 243 Å². The number of oxazole rings is 1.